The summed E-state index contributed by atoms with van der Waals surface area (Å²) in [5.74, 6) is 1.42. The Bertz CT molecular complexity index is 790. The van der Waals surface area contributed by atoms with Crippen LogP contribution >= 0.6 is 43.5 Å². The Hall–Kier alpha value is -0.840. The minimum atomic E-state index is 0.549. The molecule has 0 spiro atoms. The Balaban J connectivity index is 2.35. The lowest BCUT2D eigenvalue weighted by Crippen LogP contribution is -2.05. The fraction of sp³-hybridized carbons (Fsp3) is 0.133. The van der Waals surface area contributed by atoms with Crippen molar-refractivity contribution < 1.29 is 0 Å². The van der Waals surface area contributed by atoms with Crippen LogP contribution in [0.4, 0.5) is 5.82 Å². The summed E-state index contributed by atoms with van der Waals surface area (Å²) in [6, 6.07) is 12.4. The number of anilines is 1. The zero-order valence-electron chi connectivity index (χ0n) is 10.5. The molecule has 1 aromatic heterocycles. The molecule has 0 saturated heterocycles. The van der Waals surface area contributed by atoms with Crippen LogP contribution in [-0.4, -0.2) is 17.4 Å². The van der Waals surface area contributed by atoms with Crippen molar-refractivity contribution >= 4 is 71.0 Å². The molecule has 2 aromatic carbocycles. The predicted molar refractivity (Wildman–Crippen MR) is 93.9 cm³/mol. The third-order valence-corrected chi connectivity index (χ3v) is 4.28. The average molecular weight is 415 g/mol. The van der Waals surface area contributed by atoms with Crippen molar-refractivity contribution in [2.45, 2.75) is 0 Å². The number of pyridine rings is 1. The molecule has 0 aliphatic carbocycles. The standard InChI is InChI=1S/C15H11Br2ClN2/c16-9-1-3-11-12-4-2-10(17)8-14(12)20-15(13(11)7-9)19-6-5-18/h1-4,7-8H,5-6H2,(H,19,20). The Labute approximate surface area is 138 Å². The molecule has 102 valence electrons. The van der Waals surface area contributed by atoms with E-state index in [-0.39, 0.29) is 0 Å². The first-order chi connectivity index (χ1) is 9.69. The molecule has 20 heavy (non-hydrogen) atoms. The van der Waals surface area contributed by atoms with Gasteiger partial charge in [0.25, 0.3) is 0 Å². The van der Waals surface area contributed by atoms with Crippen molar-refractivity contribution in [2.24, 2.45) is 0 Å². The maximum absolute atomic E-state index is 5.77. The molecule has 5 heteroatoms. The van der Waals surface area contributed by atoms with Gasteiger partial charge < -0.3 is 5.32 Å². The minimum Gasteiger partial charge on any atom is -0.368 e. The zero-order valence-corrected chi connectivity index (χ0v) is 14.4. The molecule has 0 unspecified atom stereocenters. The topological polar surface area (TPSA) is 24.9 Å². The number of aromatic nitrogens is 1. The summed E-state index contributed by atoms with van der Waals surface area (Å²) in [5, 5.41) is 6.72. The SMILES string of the molecule is ClCCNc1nc2cc(Br)ccc2c2ccc(Br)cc12. The van der Waals surface area contributed by atoms with Crippen LogP contribution in [0.1, 0.15) is 0 Å². The molecule has 0 aliphatic heterocycles. The highest BCUT2D eigenvalue weighted by Gasteiger charge is 2.09. The van der Waals surface area contributed by atoms with Crippen molar-refractivity contribution in [1.82, 2.24) is 4.98 Å². The van der Waals surface area contributed by atoms with Crippen molar-refractivity contribution in [3.63, 3.8) is 0 Å². The largest absolute Gasteiger partial charge is 0.368 e. The van der Waals surface area contributed by atoms with Crippen LogP contribution in [0, 0.1) is 0 Å². The van der Waals surface area contributed by atoms with Gasteiger partial charge in [-0.25, -0.2) is 4.98 Å². The van der Waals surface area contributed by atoms with Crippen LogP contribution in [0.2, 0.25) is 0 Å². The van der Waals surface area contributed by atoms with Gasteiger partial charge in [0.05, 0.1) is 5.52 Å². The summed E-state index contributed by atoms with van der Waals surface area (Å²) >= 11 is 12.8. The summed E-state index contributed by atoms with van der Waals surface area (Å²) in [4.78, 5) is 4.72. The first-order valence-corrected chi connectivity index (χ1v) is 8.29. The third-order valence-electron chi connectivity index (χ3n) is 3.11. The van der Waals surface area contributed by atoms with E-state index in [4.69, 9.17) is 16.6 Å². The van der Waals surface area contributed by atoms with Gasteiger partial charge in [0.2, 0.25) is 0 Å². The van der Waals surface area contributed by atoms with Gasteiger partial charge in [-0.2, -0.15) is 0 Å². The molecule has 0 atom stereocenters. The molecule has 0 bridgehead atoms. The summed E-state index contributed by atoms with van der Waals surface area (Å²) in [6.45, 7) is 0.690. The van der Waals surface area contributed by atoms with Gasteiger partial charge in [0, 0.05) is 32.1 Å². The number of nitrogens with one attached hydrogen (secondary N) is 1. The van der Waals surface area contributed by atoms with Gasteiger partial charge in [-0.15, -0.1) is 11.6 Å². The van der Waals surface area contributed by atoms with Crippen molar-refractivity contribution in [2.75, 3.05) is 17.7 Å². The van der Waals surface area contributed by atoms with Crippen LogP contribution in [-0.2, 0) is 0 Å². The lowest BCUT2D eigenvalue weighted by Gasteiger charge is -2.11. The van der Waals surface area contributed by atoms with E-state index in [1.807, 2.05) is 12.1 Å². The Kier molecular flexibility index (Phi) is 4.15. The number of benzene rings is 2. The van der Waals surface area contributed by atoms with Gasteiger partial charge in [-0.3, -0.25) is 0 Å². The number of hydrogen-bond donors (Lipinski definition) is 1. The van der Waals surface area contributed by atoms with E-state index >= 15 is 0 Å². The number of halogens is 3. The zero-order chi connectivity index (χ0) is 14.1. The van der Waals surface area contributed by atoms with Crippen LogP contribution in [0.15, 0.2) is 45.3 Å². The first-order valence-electron chi connectivity index (χ1n) is 6.17. The van der Waals surface area contributed by atoms with Crippen LogP contribution in [0.3, 0.4) is 0 Å². The van der Waals surface area contributed by atoms with Gasteiger partial charge in [-0.1, -0.05) is 44.0 Å². The quantitative estimate of drug-likeness (QED) is 0.448. The average Bonchev–Trinajstić information content (AvgIpc) is 2.44. The normalized spacial score (nSPS) is 11.2. The fourth-order valence-corrected chi connectivity index (χ4v) is 3.06. The van der Waals surface area contributed by atoms with Crippen molar-refractivity contribution in [1.29, 1.82) is 0 Å². The third kappa shape index (κ3) is 2.65. The van der Waals surface area contributed by atoms with Crippen LogP contribution in [0.25, 0.3) is 21.7 Å². The van der Waals surface area contributed by atoms with Crippen LogP contribution < -0.4 is 5.32 Å². The Morgan fingerprint density at radius 1 is 0.950 bits per heavy atom. The van der Waals surface area contributed by atoms with Crippen molar-refractivity contribution in [3.8, 4) is 0 Å². The molecule has 3 rings (SSSR count). The van der Waals surface area contributed by atoms with E-state index in [0.717, 1.165) is 31.1 Å². The Morgan fingerprint density at radius 2 is 1.65 bits per heavy atom. The van der Waals surface area contributed by atoms with E-state index in [1.54, 1.807) is 0 Å². The Morgan fingerprint density at radius 3 is 2.40 bits per heavy atom. The first kappa shape index (κ1) is 14.1. The second-order valence-electron chi connectivity index (χ2n) is 4.43. The predicted octanol–water partition coefficient (Wildman–Crippen LogP) is 5.56. The van der Waals surface area contributed by atoms with Crippen LogP contribution in [0.5, 0.6) is 0 Å². The molecule has 2 nitrogen and oxygen atoms in total. The van der Waals surface area contributed by atoms with E-state index in [1.165, 1.54) is 5.39 Å². The number of fused-ring (bicyclic) bond motifs is 3. The molecule has 1 N–H and O–H groups in total. The number of hydrogen-bond acceptors (Lipinski definition) is 2. The van der Waals surface area contributed by atoms with Gasteiger partial charge in [-0.05, 0) is 29.7 Å². The smallest absolute Gasteiger partial charge is 0.134 e. The highest BCUT2D eigenvalue weighted by Crippen LogP contribution is 2.32. The molecular formula is C15H11Br2ClN2. The van der Waals surface area contributed by atoms with E-state index in [9.17, 15) is 0 Å². The molecule has 0 saturated carbocycles. The molecule has 0 fully saturated rings. The lowest BCUT2D eigenvalue weighted by atomic mass is 10.1. The van der Waals surface area contributed by atoms with E-state index < -0.39 is 0 Å². The van der Waals surface area contributed by atoms with Gasteiger partial charge in [0.15, 0.2) is 0 Å². The molecule has 0 aliphatic rings. The molecule has 0 amide bonds. The summed E-state index contributed by atoms with van der Waals surface area (Å²) in [7, 11) is 0. The second-order valence-corrected chi connectivity index (χ2v) is 6.64. The summed E-state index contributed by atoms with van der Waals surface area (Å²) in [6.07, 6.45) is 0. The maximum Gasteiger partial charge on any atom is 0.134 e. The van der Waals surface area contributed by atoms with Gasteiger partial charge >= 0.3 is 0 Å². The number of alkyl halides is 1. The summed E-state index contributed by atoms with van der Waals surface area (Å²) < 4.78 is 2.06. The number of rotatable bonds is 3. The monoisotopic (exact) mass is 412 g/mol. The minimum absolute atomic E-state index is 0.549. The maximum atomic E-state index is 5.77. The molecule has 0 radical (unpaired) electrons. The molecular weight excluding hydrogens is 403 g/mol. The van der Waals surface area contributed by atoms with E-state index in [2.05, 4.69) is 61.4 Å². The highest BCUT2D eigenvalue weighted by molar-refractivity contribution is 9.10. The highest BCUT2D eigenvalue weighted by atomic mass is 79.9. The van der Waals surface area contributed by atoms with E-state index in [0.29, 0.717) is 12.4 Å². The molecule has 1 heterocycles. The second kappa shape index (κ2) is 5.88. The molecule has 3 aromatic rings. The summed E-state index contributed by atoms with van der Waals surface area (Å²) in [5.41, 5.74) is 0.964. The fourth-order valence-electron chi connectivity index (χ4n) is 2.25. The van der Waals surface area contributed by atoms with Crippen molar-refractivity contribution in [3.05, 3.63) is 45.3 Å². The number of nitrogens with zero attached hydrogens (tertiary/aromatic N) is 1. The van der Waals surface area contributed by atoms with Gasteiger partial charge in [0.1, 0.15) is 5.82 Å². The lowest BCUT2D eigenvalue weighted by molar-refractivity contribution is 1.19.